The fourth-order valence-corrected chi connectivity index (χ4v) is 2.25. The summed E-state index contributed by atoms with van der Waals surface area (Å²) in [5.74, 6) is -0.835. The van der Waals surface area contributed by atoms with Crippen molar-refractivity contribution in [3.8, 4) is 0 Å². The first kappa shape index (κ1) is 13.9. The van der Waals surface area contributed by atoms with Crippen LogP contribution in [-0.2, 0) is 9.53 Å². The number of ether oxygens (including phenoxy) is 1. The fraction of sp³-hybridized carbons (Fsp3) is 0.385. The van der Waals surface area contributed by atoms with Crippen molar-refractivity contribution < 1.29 is 13.9 Å². The van der Waals surface area contributed by atoms with Gasteiger partial charge in [-0.25, -0.2) is 4.39 Å². The van der Waals surface area contributed by atoms with Crippen molar-refractivity contribution in [2.24, 2.45) is 5.73 Å². The Kier molecular flexibility index (Phi) is 4.44. The van der Waals surface area contributed by atoms with E-state index in [1.807, 2.05) is 0 Å². The SMILES string of the molecule is NC(=S)c1c(F)cccc1NC(=O)C1CCCCO1. The van der Waals surface area contributed by atoms with Crippen LogP contribution in [0.1, 0.15) is 24.8 Å². The van der Waals surface area contributed by atoms with Gasteiger partial charge in [0.25, 0.3) is 5.91 Å². The van der Waals surface area contributed by atoms with E-state index in [4.69, 9.17) is 22.7 Å². The van der Waals surface area contributed by atoms with Gasteiger partial charge in [0, 0.05) is 6.61 Å². The van der Waals surface area contributed by atoms with Crippen LogP contribution in [0, 0.1) is 5.82 Å². The second kappa shape index (κ2) is 6.08. The van der Waals surface area contributed by atoms with Gasteiger partial charge < -0.3 is 15.8 Å². The number of amides is 1. The first-order valence-corrected chi connectivity index (χ1v) is 6.51. The normalized spacial score (nSPS) is 18.9. The summed E-state index contributed by atoms with van der Waals surface area (Å²) in [5, 5.41) is 2.63. The molecule has 3 N–H and O–H groups in total. The van der Waals surface area contributed by atoms with E-state index in [1.54, 1.807) is 6.07 Å². The number of thiocarbonyl (C=S) groups is 1. The van der Waals surface area contributed by atoms with Crippen LogP contribution in [-0.4, -0.2) is 23.6 Å². The van der Waals surface area contributed by atoms with E-state index >= 15 is 0 Å². The zero-order chi connectivity index (χ0) is 13.8. The quantitative estimate of drug-likeness (QED) is 0.832. The standard InChI is InChI=1S/C13H15FN2O2S/c14-8-4-3-5-9(11(8)12(15)19)16-13(17)10-6-1-2-7-18-10/h3-5,10H,1-2,6-7H2,(H2,15,19)(H,16,17). The Labute approximate surface area is 116 Å². The summed E-state index contributed by atoms with van der Waals surface area (Å²) in [6, 6.07) is 4.31. The largest absolute Gasteiger partial charge is 0.389 e. The van der Waals surface area contributed by atoms with Gasteiger partial charge in [0.2, 0.25) is 0 Å². The van der Waals surface area contributed by atoms with Crippen LogP contribution in [0.15, 0.2) is 18.2 Å². The third kappa shape index (κ3) is 3.27. The maximum atomic E-state index is 13.6. The minimum Gasteiger partial charge on any atom is -0.389 e. The van der Waals surface area contributed by atoms with Gasteiger partial charge in [0.05, 0.1) is 11.3 Å². The highest BCUT2D eigenvalue weighted by atomic mass is 32.1. The molecule has 0 radical (unpaired) electrons. The van der Waals surface area contributed by atoms with Gasteiger partial charge in [-0.2, -0.15) is 0 Å². The summed E-state index contributed by atoms with van der Waals surface area (Å²) in [6.07, 6.45) is 2.09. The van der Waals surface area contributed by atoms with E-state index in [2.05, 4.69) is 5.32 Å². The third-order valence-electron chi connectivity index (χ3n) is 2.99. The second-order valence-electron chi connectivity index (χ2n) is 4.37. The minimum atomic E-state index is -0.546. The van der Waals surface area contributed by atoms with E-state index in [0.29, 0.717) is 13.0 Å². The van der Waals surface area contributed by atoms with Crippen molar-refractivity contribution in [3.05, 3.63) is 29.6 Å². The third-order valence-corrected chi connectivity index (χ3v) is 3.19. The van der Waals surface area contributed by atoms with Crippen LogP contribution in [0.2, 0.25) is 0 Å². The van der Waals surface area contributed by atoms with Crippen LogP contribution in [0.4, 0.5) is 10.1 Å². The average Bonchev–Trinajstić information content (AvgIpc) is 2.39. The van der Waals surface area contributed by atoms with Crippen molar-refractivity contribution in [2.45, 2.75) is 25.4 Å². The smallest absolute Gasteiger partial charge is 0.253 e. The van der Waals surface area contributed by atoms with Gasteiger partial charge in [-0.05, 0) is 31.4 Å². The highest BCUT2D eigenvalue weighted by Gasteiger charge is 2.23. The Hall–Kier alpha value is -1.53. The lowest BCUT2D eigenvalue weighted by Crippen LogP contribution is -2.34. The van der Waals surface area contributed by atoms with E-state index in [9.17, 15) is 9.18 Å². The summed E-state index contributed by atoms with van der Waals surface area (Å²) >= 11 is 4.80. The molecule has 1 atom stereocenters. The predicted molar refractivity (Wildman–Crippen MR) is 74.5 cm³/mol. The molecule has 0 bridgehead atoms. The maximum absolute atomic E-state index is 13.6. The number of nitrogens with two attached hydrogens (primary N) is 1. The molecule has 1 aliphatic rings. The summed E-state index contributed by atoms with van der Waals surface area (Å²) in [5.41, 5.74) is 5.82. The minimum absolute atomic E-state index is 0.0571. The van der Waals surface area contributed by atoms with Crippen molar-refractivity contribution >= 4 is 28.8 Å². The second-order valence-corrected chi connectivity index (χ2v) is 4.81. The lowest BCUT2D eigenvalue weighted by Gasteiger charge is -2.22. The van der Waals surface area contributed by atoms with Crippen molar-refractivity contribution in [1.82, 2.24) is 0 Å². The number of anilines is 1. The van der Waals surface area contributed by atoms with Crippen molar-refractivity contribution in [2.75, 3.05) is 11.9 Å². The molecule has 1 aliphatic heterocycles. The summed E-state index contributed by atoms with van der Waals surface area (Å²) < 4.78 is 19.0. The maximum Gasteiger partial charge on any atom is 0.253 e. The van der Waals surface area contributed by atoms with Gasteiger partial charge in [-0.3, -0.25) is 4.79 Å². The molecule has 0 aliphatic carbocycles. The molecule has 1 aromatic carbocycles. The van der Waals surface area contributed by atoms with E-state index < -0.39 is 11.9 Å². The average molecular weight is 282 g/mol. The Bertz CT molecular complexity index is 501. The summed E-state index contributed by atoms with van der Waals surface area (Å²) in [7, 11) is 0. The first-order valence-electron chi connectivity index (χ1n) is 6.10. The highest BCUT2D eigenvalue weighted by Crippen LogP contribution is 2.21. The van der Waals surface area contributed by atoms with Crippen LogP contribution in [0.3, 0.4) is 0 Å². The molecule has 1 saturated heterocycles. The molecule has 0 spiro atoms. The summed E-state index contributed by atoms with van der Waals surface area (Å²) in [4.78, 5) is 11.9. The zero-order valence-electron chi connectivity index (χ0n) is 10.3. The number of nitrogens with one attached hydrogen (secondary N) is 1. The van der Waals surface area contributed by atoms with Crippen molar-refractivity contribution in [1.29, 1.82) is 0 Å². The van der Waals surface area contributed by atoms with Gasteiger partial charge >= 0.3 is 0 Å². The van der Waals surface area contributed by atoms with Gasteiger partial charge in [-0.1, -0.05) is 18.3 Å². The molecule has 1 amide bonds. The van der Waals surface area contributed by atoms with Crippen LogP contribution < -0.4 is 11.1 Å². The Morgan fingerprint density at radius 2 is 2.26 bits per heavy atom. The number of carbonyl (C=O) groups is 1. The lowest BCUT2D eigenvalue weighted by molar-refractivity contribution is -0.129. The number of halogens is 1. The van der Waals surface area contributed by atoms with E-state index in [0.717, 1.165) is 12.8 Å². The Balaban J connectivity index is 2.16. The lowest BCUT2D eigenvalue weighted by atomic mass is 10.1. The summed E-state index contributed by atoms with van der Waals surface area (Å²) in [6.45, 7) is 0.573. The van der Waals surface area contributed by atoms with Crippen LogP contribution in [0.25, 0.3) is 0 Å². The Morgan fingerprint density at radius 3 is 2.89 bits per heavy atom. The monoisotopic (exact) mass is 282 g/mol. The number of rotatable bonds is 3. The van der Waals surface area contributed by atoms with Crippen LogP contribution >= 0.6 is 12.2 Å². The molecule has 0 saturated carbocycles. The van der Waals surface area contributed by atoms with E-state index in [1.165, 1.54) is 12.1 Å². The van der Waals surface area contributed by atoms with Crippen molar-refractivity contribution in [3.63, 3.8) is 0 Å². The highest BCUT2D eigenvalue weighted by molar-refractivity contribution is 7.80. The first-order chi connectivity index (χ1) is 9.09. The number of benzene rings is 1. The zero-order valence-corrected chi connectivity index (χ0v) is 11.1. The molecule has 1 fully saturated rings. The number of hydrogen-bond donors (Lipinski definition) is 2. The van der Waals surface area contributed by atoms with Crippen LogP contribution in [0.5, 0.6) is 0 Å². The molecule has 19 heavy (non-hydrogen) atoms. The predicted octanol–water partition coefficient (Wildman–Crippen LogP) is 1.97. The number of carbonyl (C=O) groups excluding carboxylic acids is 1. The molecule has 1 unspecified atom stereocenters. The van der Waals surface area contributed by atoms with Gasteiger partial charge in [0.1, 0.15) is 16.9 Å². The Morgan fingerprint density at radius 1 is 1.47 bits per heavy atom. The number of hydrogen-bond acceptors (Lipinski definition) is 3. The molecule has 1 heterocycles. The molecular weight excluding hydrogens is 267 g/mol. The van der Waals surface area contributed by atoms with Gasteiger partial charge in [-0.15, -0.1) is 0 Å². The molecule has 2 rings (SSSR count). The molecule has 0 aromatic heterocycles. The van der Waals surface area contributed by atoms with E-state index in [-0.39, 0.29) is 22.1 Å². The molecule has 1 aromatic rings. The molecule has 102 valence electrons. The molecule has 6 heteroatoms. The molecular formula is C13H15FN2O2S. The fourth-order valence-electron chi connectivity index (χ4n) is 2.04. The molecule has 4 nitrogen and oxygen atoms in total. The topological polar surface area (TPSA) is 64.3 Å². The van der Waals surface area contributed by atoms with Gasteiger partial charge in [0.15, 0.2) is 0 Å².